The van der Waals surface area contributed by atoms with Crippen LogP contribution in [0.5, 0.6) is 0 Å². The lowest BCUT2D eigenvalue weighted by Crippen LogP contribution is -1.95. The minimum Gasteiger partial charge on any atom is -0.481 e. The molecule has 8 nitrogen and oxygen atoms in total. The van der Waals surface area contributed by atoms with Crippen molar-refractivity contribution < 1.29 is 39.6 Å². The minimum absolute atomic E-state index is 0.221. The van der Waals surface area contributed by atoms with Crippen molar-refractivity contribution >= 4 is 23.9 Å². The Balaban J connectivity index is -0.000000546. The highest BCUT2D eigenvalue weighted by Crippen LogP contribution is 2.09. The van der Waals surface area contributed by atoms with E-state index < -0.39 is 23.9 Å². The second kappa shape index (κ2) is 36.6. The summed E-state index contributed by atoms with van der Waals surface area (Å²) in [4.78, 5) is 40.5. The molecular formula is C32H60O8. The van der Waals surface area contributed by atoms with E-state index in [9.17, 15) is 19.2 Å². The van der Waals surface area contributed by atoms with Crippen molar-refractivity contribution in [3.63, 3.8) is 0 Å². The molecule has 4 N–H and O–H groups in total. The summed E-state index contributed by atoms with van der Waals surface area (Å²) in [5.74, 6) is -2.86. The van der Waals surface area contributed by atoms with Crippen LogP contribution in [0.1, 0.15) is 168 Å². The second-order valence-electron chi connectivity index (χ2n) is 10.3. The molecule has 0 aromatic heterocycles. The van der Waals surface area contributed by atoms with E-state index in [0.717, 1.165) is 51.4 Å². The predicted molar refractivity (Wildman–Crippen MR) is 162 cm³/mol. The summed E-state index contributed by atoms with van der Waals surface area (Å²) in [5, 5.41) is 33.3. The molecule has 0 rings (SSSR count). The van der Waals surface area contributed by atoms with E-state index in [1.165, 1.54) is 64.2 Å². The Hall–Kier alpha value is -2.38. The summed E-state index contributed by atoms with van der Waals surface area (Å²) in [5.41, 5.74) is 0. The quantitative estimate of drug-likeness (QED) is 0.0591. The normalized spacial score (nSPS) is 10.3. The number of carboxylic acid groups (broad SMARTS) is 4. The third kappa shape index (κ3) is 52.1. The van der Waals surface area contributed by atoms with Crippen molar-refractivity contribution in [3.8, 4) is 0 Å². The molecule has 0 saturated carbocycles. The third-order valence-corrected chi connectivity index (χ3v) is 6.18. The first-order valence-electron chi connectivity index (χ1n) is 15.7. The van der Waals surface area contributed by atoms with E-state index in [1.54, 1.807) is 0 Å². The smallest absolute Gasteiger partial charge is 0.303 e. The molecular weight excluding hydrogens is 512 g/mol. The zero-order valence-corrected chi connectivity index (χ0v) is 25.5. The predicted octanol–water partition coefficient (Wildman–Crippen LogP) is 9.26. The highest BCUT2D eigenvalue weighted by Gasteiger charge is 1.99. The van der Waals surface area contributed by atoms with Crippen LogP contribution in [0.15, 0.2) is 12.2 Å². The topological polar surface area (TPSA) is 149 Å². The van der Waals surface area contributed by atoms with Crippen molar-refractivity contribution in [1.82, 2.24) is 0 Å². The Morgan fingerprint density at radius 3 is 0.875 bits per heavy atom. The summed E-state index contributed by atoms with van der Waals surface area (Å²) < 4.78 is 0. The van der Waals surface area contributed by atoms with E-state index in [1.807, 2.05) is 0 Å². The van der Waals surface area contributed by atoms with Gasteiger partial charge in [0.15, 0.2) is 0 Å². The van der Waals surface area contributed by atoms with Crippen molar-refractivity contribution in [1.29, 1.82) is 0 Å². The Kier molecular flexibility index (Phi) is 38.5. The fraction of sp³-hybridized carbons (Fsp3) is 0.812. The maximum atomic E-state index is 10.3. The molecule has 0 aliphatic carbocycles. The van der Waals surface area contributed by atoms with E-state index in [0.29, 0.717) is 25.7 Å². The van der Waals surface area contributed by atoms with Gasteiger partial charge in [0.25, 0.3) is 0 Å². The highest BCUT2D eigenvalue weighted by atomic mass is 16.4. The lowest BCUT2D eigenvalue weighted by Gasteiger charge is -1.98. The van der Waals surface area contributed by atoms with Gasteiger partial charge in [-0.1, -0.05) is 103 Å². The Morgan fingerprint density at radius 1 is 0.375 bits per heavy atom. The van der Waals surface area contributed by atoms with Crippen LogP contribution in [0.4, 0.5) is 0 Å². The van der Waals surface area contributed by atoms with E-state index in [-0.39, 0.29) is 12.8 Å². The largest absolute Gasteiger partial charge is 0.481 e. The van der Waals surface area contributed by atoms with Crippen LogP contribution in [-0.4, -0.2) is 44.3 Å². The molecule has 236 valence electrons. The zero-order valence-electron chi connectivity index (χ0n) is 25.5. The van der Waals surface area contributed by atoms with Crippen LogP contribution < -0.4 is 0 Å². The summed E-state index contributed by atoms with van der Waals surface area (Å²) in [6, 6.07) is 0. The van der Waals surface area contributed by atoms with Gasteiger partial charge >= 0.3 is 23.9 Å². The van der Waals surface area contributed by atoms with Crippen LogP contribution in [0.25, 0.3) is 0 Å². The molecule has 0 fully saturated rings. The molecule has 0 unspecified atom stereocenters. The number of hydrogen-bond donors (Lipinski definition) is 4. The molecule has 0 radical (unpaired) electrons. The van der Waals surface area contributed by atoms with Crippen LogP contribution in [0, 0.1) is 0 Å². The average Bonchev–Trinajstić information content (AvgIpc) is 2.89. The number of allylic oxidation sites excluding steroid dienone is 2. The van der Waals surface area contributed by atoms with Gasteiger partial charge in [-0.2, -0.15) is 0 Å². The molecule has 0 amide bonds. The minimum atomic E-state index is -0.759. The molecule has 0 saturated heterocycles. The number of carboxylic acids is 4. The Labute approximate surface area is 243 Å². The average molecular weight is 573 g/mol. The summed E-state index contributed by atoms with van der Waals surface area (Å²) in [6.45, 7) is 4.35. The van der Waals surface area contributed by atoms with Gasteiger partial charge in [-0.25, -0.2) is 0 Å². The van der Waals surface area contributed by atoms with Gasteiger partial charge in [-0.05, 0) is 51.4 Å². The number of aliphatic carboxylic acids is 4. The number of carbonyl (C=O) groups is 4. The first-order valence-corrected chi connectivity index (χ1v) is 15.7. The number of hydrogen-bond acceptors (Lipinski definition) is 4. The monoisotopic (exact) mass is 572 g/mol. The van der Waals surface area contributed by atoms with Gasteiger partial charge in [0.2, 0.25) is 0 Å². The van der Waals surface area contributed by atoms with Crippen LogP contribution >= 0.6 is 0 Å². The molecule has 0 aromatic rings. The molecule has 0 bridgehead atoms. The highest BCUT2D eigenvalue weighted by molar-refractivity contribution is 5.67. The molecule has 0 aliphatic heterocycles. The lowest BCUT2D eigenvalue weighted by atomic mass is 10.1. The maximum Gasteiger partial charge on any atom is 0.303 e. The second-order valence-corrected chi connectivity index (χ2v) is 10.3. The van der Waals surface area contributed by atoms with Crippen molar-refractivity contribution in [2.75, 3.05) is 0 Å². The van der Waals surface area contributed by atoms with Gasteiger partial charge in [-0.15, -0.1) is 0 Å². The maximum absolute atomic E-state index is 10.3. The van der Waals surface area contributed by atoms with Gasteiger partial charge < -0.3 is 20.4 Å². The molecule has 0 atom stereocenters. The first kappa shape index (κ1) is 42.1. The SMILES string of the molecule is CCCCCC/C=C\CCCCCCCC(=O)O.CCCCCCC(=O)O.O=C(O)CCCCCCCC(=O)O. The zero-order chi connectivity index (χ0) is 30.7. The van der Waals surface area contributed by atoms with Crippen molar-refractivity contribution in [2.24, 2.45) is 0 Å². The van der Waals surface area contributed by atoms with E-state index >= 15 is 0 Å². The van der Waals surface area contributed by atoms with Crippen LogP contribution in [-0.2, 0) is 19.2 Å². The van der Waals surface area contributed by atoms with Gasteiger partial charge in [0.05, 0.1) is 0 Å². The summed E-state index contributed by atoms with van der Waals surface area (Å²) in [6.07, 6.45) is 27.4. The van der Waals surface area contributed by atoms with Gasteiger partial charge in [0, 0.05) is 25.7 Å². The number of rotatable bonds is 26. The Morgan fingerprint density at radius 2 is 0.600 bits per heavy atom. The molecule has 0 aromatic carbocycles. The van der Waals surface area contributed by atoms with E-state index in [4.69, 9.17) is 20.4 Å². The van der Waals surface area contributed by atoms with Crippen LogP contribution in [0.3, 0.4) is 0 Å². The van der Waals surface area contributed by atoms with Crippen molar-refractivity contribution in [2.45, 2.75) is 168 Å². The molecule has 40 heavy (non-hydrogen) atoms. The van der Waals surface area contributed by atoms with E-state index in [2.05, 4.69) is 26.0 Å². The van der Waals surface area contributed by atoms with Crippen molar-refractivity contribution in [3.05, 3.63) is 12.2 Å². The first-order chi connectivity index (χ1) is 19.2. The molecule has 0 aliphatic rings. The van der Waals surface area contributed by atoms with Gasteiger partial charge in [0.1, 0.15) is 0 Å². The molecule has 8 heteroatoms. The molecule has 0 heterocycles. The fourth-order valence-corrected chi connectivity index (χ4v) is 3.78. The summed E-state index contributed by atoms with van der Waals surface area (Å²) >= 11 is 0. The summed E-state index contributed by atoms with van der Waals surface area (Å²) in [7, 11) is 0. The third-order valence-electron chi connectivity index (χ3n) is 6.18. The van der Waals surface area contributed by atoms with Gasteiger partial charge in [-0.3, -0.25) is 19.2 Å². The van der Waals surface area contributed by atoms with Crippen LogP contribution in [0.2, 0.25) is 0 Å². The molecule has 0 spiro atoms. The Bertz CT molecular complexity index is 598. The lowest BCUT2D eigenvalue weighted by molar-refractivity contribution is -0.138. The fourth-order valence-electron chi connectivity index (χ4n) is 3.78. The standard InChI is InChI=1S/C16H30O2.C9H16O4.C7H14O2/c1-2-3-4-5-6-7-8-9-10-11-12-13-14-15-16(17)18;10-8(11)6-4-2-1-3-5-7-9(12)13;1-2-3-4-5-6-7(8)9/h7-8H,2-6,9-15H2,1H3,(H,17,18);1-7H2,(H,10,11)(H,12,13);2-6H2,1H3,(H,8,9)/b8-7-;;. The number of unbranched alkanes of at least 4 members (excludes halogenated alkanes) is 16.